The minimum absolute atomic E-state index is 1.09. The van der Waals surface area contributed by atoms with Crippen molar-refractivity contribution >= 4 is 0 Å². The van der Waals surface area contributed by atoms with Gasteiger partial charge in [0.25, 0.3) is 0 Å². The molecule has 0 aromatic carbocycles. The Kier molecular flexibility index (Phi) is 2.75. The molecule has 11 heavy (non-hydrogen) atoms. The van der Waals surface area contributed by atoms with Crippen molar-refractivity contribution in [2.45, 2.75) is 26.7 Å². The van der Waals surface area contributed by atoms with E-state index in [4.69, 9.17) is 0 Å². The number of nitrogens with zero attached hydrogens (tertiary/aromatic N) is 1. The standard InChI is InChI=1S/C10H17N/c1-4-11(3)10-7-5-6-9(2)8-10/h7-8H,4-6H2,1-3H3. The smallest absolute Gasteiger partial charge is 0.0322 e. The summed E-state index contributed by atoms with van der Waals surface area (Å²) in [6.45, 7) is 5.48. The fraction of sp³-hybridized carbons (Fsp3) is 0.600. The zero-order chi connectivity index (χ0) is 8.27. The molecule has 1 aliphatic rings. The van der Waals surface area contributed by atoms with Crippen LogP contribution in [0.4, 0.5) is 0 Å². The molecule has 0 bridgehead atoms. The molecule has 0 saturated heterocycles. The van der Waals surface area contributed by atoms with Crippen molar-refractivity contribution in [2.24, 2.45) is 0 Å². The second kappa shape index (κ2) is 3.61. The second-order valence-corrected chi connectivity index (χ2v) is 3.17. The third-order valence-electron chi connectivity index (χ3n) is 2.20. The summed E-state index contributed by atoms with van der Waals surface area (Å²) in [5.41, 5.74) is 2.89. The summed E-state index contributed by atoms with van der Waals surface area (Å²) >= 11 is 0. The molecule has 1 rings (SSSR count). The highest BCUT2D eigenvalue weighted by Crippen LogP contribution is 2.17. The van der Waals surface area contributed by atoms with E-state index in [9.17, 15) is 0 Å². The number of likely N-dealkylation sites (N-methyl/N-ethyl adjacent to an activating group) is 1. The fourth-order valence-electron chi connectivity index (χ4n) is 1.28. The lowest BCUT2D eigenvalue weighted by atomic mass is 10.0. The van der Waals surface area contributed by atoms with Crippen molar-refractivity contribution < 1.29 is 0 Å². The van der Waals surface area contributed by atoms with E-state index in [1.807, 2.05) is 0 Å². The van der Waals surface area contributed by atoms with Crippen molar-refractivity contribution in [1.29, 1.82) is 0 Å². The summed E-state index contributed by atoms with van der Waals surface area (Å²) in [5.74, 6) is 0. The topological polar surface area (TPSA) is 3.24 Å². The summed E-state index contributed by atoms with van der Waals surface area (Å²) in [7, 11) is 2.14. The molecular formula is C10H17N. The molecule has 1 aliphatic carbocycles. The summed E-state index contributed by atoms with van der Waals surface area (Å²) < 4.78 is 0. The van der Waals surface area contributed by atoms with Crippen molar-refractivity contribution in [1.82, 2.24) is 4.90 Å². The largest absolute Gasteiger partial charge is 0.375 e. The summed E-state index contributed by atoms with van der Waals surface area (Å²) in [5, 5.41) is 0. The lowest BCUT2D eigenvalue weighted by molar-refractivity contribution is 0.451. The van der Waals surface area contributed by atoms with Crippen LogP contribution in [-0.2, 0) is 0 Å². The van der Waals surface area contributed by atoms with Gasteiger partial charge in [0.15, 0.2) is 0 Å². The van der Waals surface area contributed by atoms with Crippen molar-refractivity contribution in [3.05, 3.63) is 23.4 Å². The van der Waals surface area contributed by atoms with E-state index in [1.54, 1.807) is 0 Å². The van der Waals surface area contributed by atoms with E-state index in [0.717, 1.165) is 6.54 Å². The van der Waals surface area contributed by atoms with Crippen molar-refractivity contribution in [3.63, 3.8) is 0 Å². The molecule has 0 amide bonds. The van der Waals surface area contributed by atoms with Crippen LogP contribution in [0, 0.1) is 0 Å². The van der Waals surface area contributed by atoms with E-state index in [-0.39, 0.29) is 0 Å². The van der Waals surface area contributed by atoms with Gasteiger partial charge in [-0.1, -0.05) is 11.6 Å². The van der Waals surface area contributed by atoms with E-state index in [2.05, 4.69) is 37.9 Å². The minimum atomic E-state index is 1.09. The normalized spacial score (nSPS) is 17.4. The van der Waals surface area contributed by atoms with Gasteiger partial charge >= 0.3 is 0 Å². The van der Waals surface area contributed by atoms with Crippen LogP contribution < -0.4 is 0 Å². The van der Waals surface area contributed by atoms with Crippen LogP contribution in [0.1, 0.15) is 26.7 Å². The van der Waals surface area contributed by atoms with Crippen LogP contribution in [0.3, 0.4) is 0 Å². The fourth-order valence-corrected chi connectivity index (χ4v) is 1.28. The third kappa shape index (κ3) is 2.11. The Bertz CT molecular complexity index is 189. The van der Waals surface area contributed by atoms with Crippen LogP contribution in [0.25, 0.3) is 0 Å². The highest BCUT2D eigenvalue weighted by Gasteiger charge is 2.03. The molecule has 0 unspecified atom stereocenters. The summed E-state index contributed by atoms with van der Waals surface area (Å²) in [6.07, 6.45) is 7.05. The average Bonchev–Trinajstić information content (AvgIpc) is 2.03. The van der Waals surface area contributed by atoms with E-state index >= 15 is 0 Å². The van der Waals surface area contributed by atoms with Gasteiger partial charge in [-0.15, -0.1) is 0 Å². The molecule has 0 atom stereocenters. The lowest BCUT2D eigenvalue weighted by Gasteiger charge is -2.21. The monoisotopic (exact) mass is 151 g/mol. The van der Waals surface area contributed by atoms with Gasteiger partial charge in [0.2, 0.25) is 0 Å². The second-order valence-electron chi connectivity index (χ2n) is 3.17. The maximum Gasteiger partial charge on any atom is 0.0322 e. The number of rotatable bonds is 2. The predicted molar refractivity (Wildman–Crippen MR) is 49.4 cm³/mol. The van der Waals surface area contributed by atoms with Crippen LogP contribution in [0.15, 0.2) is 23.4 Å². The molecule has 0 saturated carbocycles. The number of hydrogen-bond acceptors (Lipinski definition) is 1. The molecule has 0 radical (unpaired) electrons. The van der Waals surface area contributed by atoms with Gasteiger partial charge in [0.05, 0.1) is 0 Å². The van der Waals surface area contributed by atoms with E-state index < -0.39 is 0 Å². The Balaban J connectivity index is 2.65. The van der Waals surface area contributed by atoms with Crippen LogP contribution in [0.5, 0.6) is 0 Å². The molecule has 0 aliphatic heterocycles. The average molecular weight is 151 g/mol. The summed E-state index contributed by atoms with van der Waals surface area (Å²) in [4.78, 5) is 2.28. The Hall–Kier alpha value is -0.720. The molecule has 0 N–H and O–H groups in total. The molecule has 62 valence electrons. The number of hydrogen-bond donors (Lipinski definition) is 0. The molecule has 1 nitrogen and oxygen atoms in total. The Morgan fingerprint density at radius 2 is 2.27 bits per heavy atom. The first-order chi connectivity index (χ1) is 5.24. The van der Waals surface area contributed by atoms with Crippen molar-refractivity contribution in [3.8, 4) is 0 Å². The van der Waals surface area contributed by atoms with E-state index in [0.29, 0.717) is 0 Å². The maximum atomic E-state index is 2.32. The van der Waals surface area contributed by atoms with Gasteiger partial charge in [0, 0.05) is 19.3 Å². The zero-order valence-electron chi connectivity index (χ0n) is 7.72. The third-order valence-corrected chi connectivity index (χ3v) is 2.20. The highest BCUT2D eigenvalue weighted by atomic mass is 15.1. The molecule has 0 heterocycles. The highest BCUT2D eigenvalue weighted by molar-refractivity contribution is 5.25. The quantitative estimate of drug-likeness (QED) is 0.586. The zero-order valence-corrected chi connectivity index (χ0v) is 7.72. The first-order valence-electron chi connectivity index (χ1n) is 4.32. The van der Waals surface area contributed by atoms with Gasteiger partial charge in [-0.2, -0.15) is 0 Å². The molecule has 0 aromatic rings. The molecule has 0 fully saturated rings. The van der Waals surface area contributed by atoms with Crippen LogP contribution in [0.2, 0.25) is 0 Å². The minimum Gasteiger partial charge on any atom is -0.375 e. The molecular weight excluding hydrogens is 134 g/mol. The Labute approximate surface area is 69.4 Å². The maximum absolute atomic E-state index is 2.32. The summed E-state index contributed by atoms with van der Waals surface area (Å²) in [6, 6.07) is 0. The molecule has 0 aromatic heterocycles. The van der Waals surface area contributed by atoms with Gasteiger partial charge in [-0.05, 0) is 32.8 Å². The first kappa shape index (κ1) is 8.38. The van der Waals surface area contributed by atoms with Crippen LogP contribution in [-0.4, -0.2) is 18.5 Å². The van der Waals surface area contributed by atoms with Gasteiger partial charge in [-0.25, -0.2) is 0 Å². The first-order valence-corrected chi connectivity index (χ1v) is 4.32. The number of allylic oxidation sites excluding steroid dienone is 3. The Morgan fingerprint density at radius 3 is 2.82 bits per heavy atom. The van der Waals surface area contributed by atoms with Crippen LogP contribution >= 0.6 is 0 Å². The van der Waals surface area contributed by atoms with E-state index in [1.165, 1.54) is 24.1 Å². The predicted octanol–water partition coefficient (Wildman–Crippen LogP) is 2.56. The molecule has 1 heteroatoms. The van der Waals surface area contributed by atoms with Gasteiger partial charge in [-0.3, -0.25) is 0 Å². The Morgan fingerprint density at radius 1 is 1.55 bits per heavy atom. The lowest BCUT2D eigenvalue weighted by Crippen LogP contribution is -2.16. The van der Waals surface area contributed by atoms with Gasteiger partial charge in [0.1, 0.15) is 0 Å². The molecule has 0 spiro atoms. The SMILES string of the molecule is CCN(C)C1=CCCC(C)=C1. The van der Waals surface area contributed by atoms with Crippen molar-refractivity contribution in [2.75, 3.05) is 13.6 Å². The van der Waals surface area contributed by atoms with Gasteiger partial charge < -0.3 is 4.90 Å².